The number of fused-ring (bicyclic) bond motifs is 2. The van der Waals surface area contributed by atoms with Crippen LogP contribution in [0.2, 0.25) is 5.02 Å². The predicted octanol–water partition coefficient (Wildman–Crippen LogP) is 4.05. The molecule has 0 unspecified atom stereocenters. The molecule has 7 heteroatoms. The van der Waals surface area contributed by atoms with Gasteiger partial charge in [-0.3, -0.25) is 4.79 Å². The molecule has 6 nitrogen and oxygen atoms in total. The maximum absolute atomic E-state index is 11.9. The van der Waals surface area contributed by atoms with Crippen LogP contribution < -0.4 is 14.5 Å². The second kappa shape index (κ2) is 8.32. The molecule has 0 amide bonds. The Balaban J connectivity index is 1.73. The third-order valence-electron chi connectivity index (χ3n) is 5.36. The Morgan fingerprint density at radius 3 is 2.80 bits per heavy atom. The highest BCUT2D eigenvalue weighted by Crippen LogP contribution is 2.36. The summed E-state index contributed by atoms with van der Waals surface area (Å²) in [5, 5.41) is 2.88. The fourth-order valence-electron chi connectivity index (χ4n) is 3.91. The van der Waals surface area contributed by atoms with Gasteiger partial charge in [0.05, 0.1) is 30.9 Å². The van der Waals surface area contributed by atoms with E-state index in [2.05, 4.69) is 39.6 Å². The van der Waals surface area contributed by atoms with Gasteiger partial charge in [0, 0.05) is 30.2 Å². The molecule has 2 aromatic carbocycles. The Kier molecular flexibility index (Phi) is 5.59. The van der Waals surface area contributed by atoms with E-state index in [1.807, 2.05) is 30.1 Å². The van der Waals surface area contributed by atoms with Crippen molar-refractivity contribution in [2.45, 2.75) is 13.0 Å². The molecule has 0 saturated heterocycles. The van der Waals surface area contributed by atoms with Gasteiger partial charge < -0.3 is 14.5 Å². The van der Waals surface area contributed by atoms with Crippen molar-refractivity contribution >= 4 is 39.7 Å². The second-order valence-corrected chi connectivity index (χ2v) is 7.68. The number of nitrogens with zero attached hydrogens (tertiary/aromatic N) is 4. The van der Waals surface area contributed by atoms with E-state index in [-0.39, 0.29) is 12.3 Å². The SMILES string of the molecule is C=CC(=O)CN(C)c1nc(OC)nc2c1CCN(c1cccc3cccc(Cl)c13)C2. The van der Waals surface area contributed by atoms with Crippen molar-refractivity contribution in [1.29, 1.82) is 0 Å². The van der Waals surface area contributed by atoms with Crippen LogP contribution in [0.3, 0.4) is 0 Å². The zero-order chi connectivity index (χ0) is 21.3. The number of carbonyl (C=O) groups is 1. The van der Waals surface area contributed by atoms with E-state index in [1.165, 1.54) is 6.08 Å². The van der Waals surface area contributed by atoms with Crippen molar-refractivity contribution < 1.29 is 9.53 Å². The van der Waals surface area contributed by atoms with E-state index >= 15 is 0 Å². The second-order valence-electron chi connectivity index (χ2n) is 7.27. The number of ether oxygens (including phenoxy) is 1. The minimum Gasteiger partial charge on any atom is -0.467 e. The molecule has 4 rings (SSSR count). The van der Waals surface area contributed by atoms with Gasteiger partial charge in [0.15, 0.2) is 5.78 Å². The van der Waals surface area contributed by atoms with Crippen LogP contribution in [-0.2, 0) is 17.8 Å². The van der Waals surface area contributed by atoms with Gasteiger partial charge in [0.2, 0.25) is 0 Å². The maximum atomic E-state index is 11.9. The van der Waals surface area contributed by atoms with Gasteiger partial charge in [-0.25, -0.2) is 0 Å². The number of hydrogen-bond donors (Lipinski definition) is 0. The first-order chi connectivity index (χ1) is 14.5. The van der Waals surface area contributed by atoms with Gasteiger partial charge in [0.25, 0.3) is 0 Å². The molecule has 2 heterocycles. The van der Waals surface area contributed by atoms with Crippen molar-refractivity contribution in [2.24, 2.45) is 0 Å². The summed E-state index contributed by atoms with van der Waals surface area (Å²) in [6.45, 7) is 5.16. The van der Waals surface area contributed by atoms with Gasteiger partial charge in [0.1, 0.15) is 5.82 Å². The van der Waals surface area contributed by atoms with E-state index in [0.29, 0.717) is 12.6 Å². The molecule has 30 heavy (non-hydrogen) atoms. The Hall–Kier alpha value is -3.12. The summed E-state index contributed by atoms with van der Waals surface area (Å²) in [4.78, 5) is 25.1. The maximum Gasteiger partial charge on any atom is 0.318 e. The van der Waals surface area contributed by atoms with E-state index < -0.39 is 0 Å². The molecule has 0 atom stereocenters. The van der Waals surface area contributed by atoms with Crippen LogP contribution in [0.1, 0.15) is 11.3 Å². The molecule has 0 saturated carbocycles. The quantitative estimate of drug-likeness (QED) is 0.558. The number of hydrogen-bond acceptors (Lipinski definition) is 6. The lowest BCUT2D eigenvalue weighted by atomic mass is 10.0. The summed E-state index contributed by atoms with van der Waals surface area (Å²) in [5.74, 6) is 0.661. The highest BCUT2D eigenvalue weighted by atomic mass is 35.5. The zero-order valence-corrected chi connectivity index (χ0v) is 17.8. The van der Waals surface area contributed by atoms with Gasteiger partial charge >= 0.3 is 6.01 Å². The molecule has 0 aliphatic carbocycles. The lowest BCUT2D eigenvalue weighted by Gasteiger charge is -2.33. The number of anilines is 2. The summed E-state index contributed by atoms with van der Waals surface area (Å²) in [7, 11) is 3.39. The average molecular weight is 423 g/mol. The first-order valence-electron chi connectivity index (χ1n) is 9.74. The fourth-order valence-corrected chi connectivity index (χ4v) is 4.19. The van der Waals surface area contributed by atoms with Crippen LogP contribution in [0.4, 0.5) is 11.5 Å². The Morgan fingerprint density at radius 1 is 1.30 bits per heavy atom. The monoisotopic (exact) mass is 422 g/mol. The molecule has 3 aromatic rings. The summed E-state index contributed by atoms with van der Waals surface area (Å²) >= 11 is 6.54. The van der Waals surface area contributed by atoms with E-state index in [4.69, 9.17) is 16.3 Å². The molecular formula is C23H23ClN4O2. The Morgan fingerprint density at radius 2 is 2.07 bits per heavy atom. The molecule has 1 aliphatic rings. The first kappa shape index (κ1) is 20.2. The predicted molar refractivity (Wildman–Crippen MR) is 121 cm³/mol. The minimum absolute atomic E-state index is 0.0633. The van der Waals surface area contributed by atoms with Gasteiger partial charge in [-0.15, -0.1) is 0 Å². The van der Waals surface area contributed by atoms with E-state index in [0.717, 1.165) is 51.5 Å². The van der Waals surface area contributed by atoms with Gasteiger partial charge in [-0.2, -0.15) is 9.97 Å². The van der Waals surface area contributed by atoms with Crippen molar-refractivity contribution in [3.05, 3.63) is 65.3 Å². The molecule has 0 fully saturated rings. The number of aromatic nitrogens is 2. The van der Waals surface area contributed by atoms with Crippen LogP contribution in [0, 0.1) is 0 Å². The van der Waals surface area contributed by atoms with Gasteiger partial charge in [-0.05, 0) is 30.0 Å². The van der Waals surface area contributed by atoms with Crippen molar-refractivity contribution in [1.82, 2.24) is 9.97 Å². The number of likely N-dealkylation sites (N-methyl/N-ethyl adjacent to an activating group) is 1. The van der Waals surface area contributed by atoms with Crippen LogP contribution in [0.5, 0.6) is 6.01 Å². The lowest BCUT2D eigenvalue weighted by Crippen LogP contribution is -2.34. The van der Waals surface area contributed by atoms with Crippen molar-refractivity contribution in [2.75, 3.05) is 37.0 Å². The summed E-state index contributed by atoms with van der Waals surface area (Å²) < 4.78 is 5.34. The number of benzene rings is 2. The number of methoxy groups -OCH3 is 1. The Bertz CT molecular complexity index is 1130. The fraction of sp³-hybridized carbons (Fsp3) is 0.261. The van der Waals surface area contributed by atoms with Crippen LogP contribution >= 0.6 is 11.6 Å². The third kappa shape index (κ3) is 3.71. The standard InChI is InChI=1S/C23H23ClN4O2/c1-4-16(29)13-27(2)22-17-11-12-28(14-19(17)25-23(26-22)30-3)20-10-6-8-15-7-5-9-18(24)21(15)20/h4-10H,1,11-14H2,2-3H3. The van der Waals surface area contributed by atoms with E-state index in [9.17, 15) is 4.79 Å². The van der Waals surface area contributed by atoms with E-state index in [1.54, 1.807) is 7.11 Å². The topological polar surface area (TPSA) is 58.6 Å². The molecule has 0 spiro atoms. The lowest BCUT2D eigenvalue weighted by molar-refractivity contribution is -0.113. The molecule has 0 N–H and O–H groups in total. The summed E-state index contributed by atoms with van der Waals surface area (Å²) in [5.41, 5.74) is 3.01. The smallest absolute Gasteiger partial charge is 0.318 e. The number of rotatable bonds is 6. The number of ketones is 1. The largest absolute Gasteiger partial charge is 0.467 e. The summed E-state index contributed by atoms with van der Waals surface area (Å²) in [6, 6.07) is 12.4. The highest BCUT2D eigenvalue weighted by molar-refractivity contribution is 6.36. The van der Waals surface area contributed by atoms with Crippen LogP contribution in [-0.4, -0.2) is 43.0 Å². The summed E-state index contributed by atoms with van der Waals surface area (Å²) in [6.07, 6.45) is 2.08. The van der Waals surface area contributed by atoms with Crippen molar-refractivity contribution in [3.63, 3.8) is 0 Å². The van der Waals surface area contributed by atoms with Crippen LogP contribution in [0.25, 0.3) is 10.8 Å². The zero-order valence-electron chi connectivity index (χ0n) is 17.1. The normalized spacial score (nSPS) is 13.1. The molecule has 1 aliphatic heterocycles. The minimum atomic E-state index is -0.0633. The molecule has 0 bridgehead atoms. The van der Waals surface area contributed by atoms with Crippen LogP contribution in [0.15, 0.2) is 49.1 Å². The molecular weight excluding hydrogens is 400 g/mol. The third-order valence-corrected chi connectivity index (χ3v) is 5.68. The molecule has 1 aromatic heterocycles. The Labute approximate surface area is 180 Å². The highest BCUT2D eigenvalue weighted by Gasteiger charge is 2.26. The molecule has 154 valence electrons. The molecule has 0 radical (unpaired) electrons. The average Bonchev–Trinajstić information content (AvgIpc) is 2.77. The number of carbonyl (C=O) groups excluding carboxylic acids is 1. The number of halogens is 1. The van der Waals surface area contributed by atoms with Crippen molar-refractivity contribution in [3.8, 4) is 6.01 Å². The van der Waals surface area contributed by atoms with Gasteiger partial charge in [-0.1, -0.05) is 42.4 Å². The first-order valence-corrected chi connectivity index (χ1v) is 10.1.